The lowest BCUT2D eigenvalue weighted by atomic mass is 9.93. The Labute approximate surface area is 130 Å². The second-order valence-corrected chi connectivity index (χ2v) is 5.73. The normalized spacial score (nSPS) is 12.7. The van der Waals surface area contributed by atoms with Crippen molar-refractivity contribution in [3.05, 3.63) is 71.8 Å². The summed E-state index contributed by atoms with van der Waals surface area (Å²) in [5.74, 6) is 0.298. The van der Waals surface area contributed by atoms with E-state index in [4.69, 9.17) is 5.73 Å². The zero-order valence-electron chi connectivity index (χ0n) is 12.8. The lowest BCUT2D eigenvalue weighted by molar-refractivity contribution is 0.332. The van der Waals surface area contributed by atoms with Crippen molar-refractivity contribution >= 4 is 16.5 Å². The van der Waals surface area contributed by atoms with Gasteiger partial charge in [0.15, 0.2) is 0 Å². The van der Waals surface area contributed by atoms with Crippen molar-refractivity contribution in [1.82, 2.24) is 4.90 Å². The van der Waals surface area contributed by atoms with Crippen LogP contribution in [0.1, 0.15) is 17.2 Å². The summed E-state index contributed by atoms with van der Waals surface area (Å²) in [6.45, 7) is 0. The summed E-state index contributed by atoms with van der Waals surface area (Å²) in [7, 11) is 4.00. The number of aromatic hydroxyl groups is 1. The first-order chi connectivity index (χ1) is 10.6. The van der Waals surface area contributed by atoms with Crippen molar-refractivity contribution in [2.75, 3.05) is 19.8 Å². The van der Waals surface area contributed by atoms with E-state index in [2.05, 4.69) is 17.0 Å². The fourth-order valence-corrected chi connectivity index (χ4v) is 3.01. The third kappa shape index (κ3) is 2.40. The van der Waals surface area contributed by atoms with Gasteiger partial charge in [-0.2, -0.15) is 0 Å². The Morgan fingerprint density at radius 1 is 0.909 bits per heavy atom. The lowest BCUT2D eigenvalue weighted by Crippen LogP contribution is -2.21. The summed E-state index contributed by atoms with van der Waals surface area (Å²) in [5, 5.41) is 12.4. The molecule has 0 amide bonds. The van der Waals surface area contributed by atoms with Crippen molar-refractivity contribution in [1.29, 1.82) is 0 Å². The maximum Gasteiger partial charge on any atom is 0.128 e. The van der Waals surface area contributed by atoms with E-state index in [1.54, 1.807) is 0 Å². The quantitative estimate of drug-likeness (QED) is 0.570. The molecule has 0 aromatic heterocycles. The molecule has 0 fully saturated rings. The maximum absolute atomic E-state index is 10.8. The first-order valence-electron chi connectivity index (χ1n) is 7.31. The monoisotopic (exact) mass is 292 g/mol. The summed E-state index contributed by atoms with van der Waals surface area (Å²) in [6, 6.07) is 19.7. The van der Waals surface area contributed by atoms with Crippen molar-refractivity contribution in [2.45, 2.75) is 6.04 Å². The van der Waals surface area contributed by atoms with Crippen LogP contribution in [0.15, 0.2) is 60.7 Å². The molecule has 3 N–H and O–H groups in total. The van der Waals surface area contributed by atoms with Gasteiger partial charge < -0.3 is 10.8 Å². The molecule has 3 rings (SSSR count). The van der Waals surface area contributed by atoms with Gasteiger partial charge in [0.25, 0.3) is 0 Å². The summed E-state index contributed by atoms with van der Waals surface area (Å²) >= 11 is 0. The van der Waals surface area contributed by atoms with Gasteiger partial charge in [0, 0.05) is 22.0 Å². The zero-order chi connectivity index (χ0) is 15.7. The third-order valence-electron chi connectivity index (χ3n) is 4.00. The number of phenols is 1. The van der Waals surface area contributed by atoms with E-state index >= 15 is 0 Å². The molecule has 0 aliphatic rings. The number of nitrogens with zero attached hydrogens (tertiary/aromatic N) is 1. The number of hydrogen-bond acceptors (Lipinski definition) is 3. The summed E-state index contributed by atoms with van der Waals surface area (Å²) in [5.41, 5.74) is 8.85. The topological polar surface area (TPSA) is 49.5 Å². The van der Waals surface area contributed by atoms with Gasteiger partial charge in [-0.1, -0.05) is 54.6 Å². The Morgan fingerprint density at radius 3 is 2.14 bits per heavy atom. The average molecular weight is 292 g/mol. The number of nitrogens with two attached hydrogens (primary N) is 1. The molecule has 0 saturated heterocycles. The smallest absolute Gasteiger partial charge is 0.128 e. The van der Waals surface area contributed by atoms with Crippen LogP contribution >= 0.6 is 0 Å². The number of fused-ring (bicyclic) bond motifs is 1. The second-order valence-electron chi connectivity index (χ2n) is 5.73. The number of benzene rings is 3. The number of nitrogen functional groups attached to an aromatic ring is 1. The van der Waals surface area contributed by atoms with E-state index in [0.717, 1.165) is 21.9 Å². The third-order valence-corrected chi connectivity index (χ3v) is 4.00. The van der Waals surface area contributed by atoms with Crippen LogP contribution in [0.3, 0.4) is 0 Å². The molecule has 0 spiro atoms. The molecule has 0 heterocycles. The Morgan fingerprint density at radius 2 is 1.50 bits per heavy atom. The molecule has 3 aromatic carbocycles. The minimum atomic E-state index is -0.0480. The predicted octanol–water partition coefficient (Wildman–Crippen LogP) is 3.78. The molecule has 1 unspecified atom stereocenters. The lowest BCUT2D eigenvalue weighted by Gasteiger charge is -2.27. The second kappa shape index (κ2) is 5.70. The number of rotatable bonds is 3. The van der Waals surface area contributed by atoms with Crippen LogP contribution in [-0.2, 0) is 0 Å². The van der Waals surface area contributed by atoms with Crippen molar-refractivity contribution in [3.8, 4) is 5.75 Å². The Hall–Kier alpha value is -2.52. The van der Waals surface area contributed by atoms with E-state index in [-0.39, 0.29) is 6.04 Å². The molecule has 0 saturated carbocycles. The van der Waals surface area contributed by atoms with Crippen molar-refractivity contribution in [2.24, 2.45) is 0 Å². The van der Waals surface area contributed by atoms with Crippen LogP contribution < -0.4 is 5.73 Å². The zero-order valence-corrected chi connectivity index (χ0v) is 12.8. The molecule has 0 bridgehead atoms. The van der Waals surface area contributed by atoms with Crippen molar-refractivity contribution < 1.29 is 5.11 Å². The Kier molecular flexibility index (Phi) is 3.73. The van der Waals surface area contributed by atoms with Crippen molar-refractivity contribution in [3.63, 3.8) is 0 Å². The van der Waals surface area contributed by atoms with E-state index in [1.165, 1.54) is 0 Å². The van der Waals surface area contributed by atoms with Gasteiger partial charge in [0.2, 0.25) is 0 Å². The van der Waals surface area contributed by atoms with Crippen LogP contribution in [0.25, 0.3) is 10.8 Å². The molecule has 0 aliphatic carbocycles. The molecule has 22 heavy (non-hydrogen) atoms. The molecular weight excluding hydrogens is 272 g/mol. The minimum absolute atomic E-state index is 0.0480. The fraction of sp³-hybridized carbons (Fsp3) is 0.158. The van der Waals surface area contributed by atoms with Crippen LogP contribution in [0.2, 0.25) is 0 Å². The molecule has 0 radical (unpaired) electrons. The molecule has 3 heteroatoms. The molecule has 112 valence electrons. The first kappa shape index (κ1) is 14.4. The predicted molar refractivity (Wildman–Crippen MR) is 92.0 cm³/mol. The van der Waals surface area contributed by atoms with Gasteiger partial charge in [-0.05, 0) is 25.7 Å². The van der Waals surface area contributed by atoms with E-state index in [0.29, 0.717) is 11.4 Å². The molecule has 3 aromatic rings. The highest BCUT2D eigenvalue weighted by atomic mass is 16.3. The van der Waals surface area contributed by atoms with Gasteiger partial charge in [0.05, 0.1) is 6.04 Å². The molecule has 3 nitrogen and oxygen atoms in total. The number of hydrogen-bond donors (Lipinski definition) is 2. The summed E-state index contributed by atoms with van der Waals surface area (Å²) < 4.78 is 0. The fourth-order valence-electron chi connectivity index (χ4n) is 3.01. The van der Waals surface area contributed by atoms with Gasteiger partial charge in [-0.15, -0.1) is 0 Å². The van der Waals surface area contributed by atoms with Gasteiger partial charge >= 0.3 is 0 Å². The van der Waals surface area contributed by atoms with Gasteiger partial charge in [-0.3, -0.25) is 4.90 Å². The maximum atomic E-state index is 10.8. The van der Waals surface area contributed by atoms with E-state index in [1.807, 2.05) is 62.6 Å². The van der Waals surface area contributed by atoms with Crippen LogP contribution in [0.4, 0.5) is 5.69 Å². The van der Waals surface area contributed by atoms with Crippen LogP contribution in [0.5, 0.6) is 5.75 Å². The highest BCUT2D eigenvalue weighted by molar-refractivity contribution is 5.98. The van der Waals surface area contributed by atoms with Gasteiger partial charge in [0.1, 0.15) is 5.75 Å². The molecule has 1 atom stereocenters. The Balaban J connectivity index is 2.25. The first-order valence-corrected chi connectivity index (χ1v) is 7.31. The van der Waals surface area contributed by atoms with Crippen LogP contribution in [0, 0.1) is 0 Å². The SMILES string of the molecule is CN(C)C(c1ccccc1)c1cc(N)c2ccccc2c1O. The van der Waals surface area contributed by atoms with E-state index < -0.39 is 0 Å². The van der Waals surface area contributed by atoms with Crippen LogP contribution in [-0.4, -0.2) is 24.1 Å². The number of phenolic OH excluding ortho intramolecular Hbond substituents is 1. The standard InChI is InChI=1S/C19H20N2O/c1-21(2)18(13-8-4-3-5-9-13)16-12-17(20)14-10-6-7-11-15(14)19(16)22/h3-12,18,22H,20H2,1-2H3. The molecule has 0 aliphatic heterocycles. The van der Waals surface area contributed by atoms with Gasteiger partial charge in [-0.25, -0.2) is 0 Å². The van der Waals surface area contributed by atoms with E-state index in [9.17, 15) is 5.11 Å². The Bertz CT molecular complexity index is 797. The largest absolute Gasteiger partial charge is 0.507 e. The highest BCUT2D eigenvalue weighted by Crippen LogP contribution is 2.40. The molecular formula is C19H20N2O. The minimum Gasteiger partial charge on any atom is -0.507 e. The summed E-state index contributed by atoms with van der Waals surface area (Å²) in [6.07, 6.45) is 0. The average Bonchev–Trinajstić information content (AvgIpc) is 2.53. The number of anilines is 1. The highest BCUT2D eigenvalue weighted by Gasteiger charge is 2.22. The summed E-state index contributed by atoms with van der Waals surface area (Å²) in [4.78, 5) is 2.08.